The highest BCUT2D eigenvalue weighted by atomic mass is 35.5. The van der Waals surface area contributed by atoms with Crippen LogP contribution in [0.5, 0.6) is 5.75 Å². The molecule has 3 heterocycles. The van der Waals surface area contributed by atoms with Crippen molar-refractivity contribution in [2.75, 3.05) is 12.4 Å². The van der Waals surface area contributed by atoms with Crippen LogP contribution >= 0.6 is 23.2 Å². The number of likely N-dealkylation sites (N-methyl/N-ethyl adjacent to an activating group) is 1. The average molecular weight is 584 g/mol. The summed E-state index contributed by atoms with van der Waals surface area (Å²) < 4.78 is 13.2. The molecule has 0 radical (unpaired) electrons. The molecule has 4 atom stereocenters. The number of aliphatic hydroxyl groups is 1. The number of nitrogens with zero attached hydrogens (tertiary/aromatic N) is 7. The Hall–Kier alpha value is -4.13. The molecule has 2 aromatic heterocycles. The molecule has 0 bridgehead atoms. The third-order valence-electron chi connectivity index (χ3n) is 6.30. The number of carbonyl (C=O) groups is 1. The molecule has 3 N–H and O–H groups in total. The standard InChI is InChI=1S/C25H23Cl2N9O4/c1-29-23(38)20-17(34-35-28)19(37)24(40-20)36-12-31-18-21(32-25(27)33-22(18)36)30-10-14-9-15(26)7-8-16(14)39-11-13-5-3-2-4-6-13/h2-9,12,17,19-20,24,37H,10-11H2,1H3,(H,29,38)(H,30,32,33)/t17-,19+,20-,24+/m0/s1. The molecule has 1 amide bonds. The Kier molecular flexibility index (Phi) is 8.19. The number of ether oxygens (including phenoxy) is 2. The molecular formula is C25H23Cl2N9O4. The van der Waals surface area contributed by atoms with Crippen molar-refractivity contribution in [2.45, 2.75) is 37.6 Å². The largest absolute Gasteiger partial charge is 0.489 e. The first-order chi connectivity index (χ1) is 19.4. The van der Waals surface area contributed by atoms with Crippen LogP contribution < -0.4 is 15.4 Å². The highest BCUT2D eigenvalue weighted by Gasteiger charge is 2.48. The van der Waals surface area contributed by atoms with Crippen LogP contribution in [-0.4, -0.2) is 55.8 Å². The summed E-state index contributed by atoms with van der Waals surface area (Å²) >= 11 is 12.5. The zero-order chi connectivity index (χ0) is 28.2. The van der Waals surface area contributed by atoms with E-state index in [0.29, 0.717) is 28.7 Å². The quantitative estimate of drug-likeness (QED) is 0.115. The summed E-state index contributed by atoms with van der Waals surface area (Å²) in [6.07, 6.45) is -2.34. The van der Waals surface area contributed by atoms with E-state index in [2.05, 4.69) is 35.6 Å². The number of aromatic nitrogens is 4. The Balaban J connectivity index is 1.41. The summed E-state index contributed by atoms with van der Waals surface area (Å²) in [5, 5.41) is 20.5. The second kappa shape index (κ2) is 11.9. The minimum absolute atomic E-state index is 0.0923. The number of halogens is 2. The summed E-state index contributed by atoms with van der Waals surface area (Å²) in [7, 11) is 1.41. The number of azide groups is 1. The number of anilines is 1. The van der Waals surface area contributed by atoms with Crippen molar-refractivity contribution >= 4 is 46.1 Å². The van der Waals surface area contributed by atoms with Crippen LogP contribution in [0.1, 0.15) is 17.4 Å². The van der Waals surface area contributed by atoms with Crippen molar-refractivity contribution in [1.82, 2.24) is 24.8 Å². The van der Waals surface area contributed by atoms with Gasteiger partial charge in [-0.2, -0.15) is 9.97 Å². The van der Waals surface area contributed by atoms with Gasteiger partial charge in [-0.05, 0) is 40.9 Å². The molecule has 4 aromatic rings. The SMILES string of the molecule is CNC(=O)[C@H]1O[C@@H](n2cnc3c(NCc4cc(Cl)ccc4OCc4ccccc4)nc(Cl)nc32)[C@H](O)[C@@H]1N=[N+]=[N-]. The van der Waals surface area contributed by atoms with Gasteiger partial charge in [-0.1, -0.05) is 47.0 Å². The first-order valence-corrected chi connectivity index (χ1v) is 12.8. The minimum Gasteiger partial charge on any atom is -0.489 e. The summed E-state index contributed by atoms with van der Waals surface area (Å²) in [6, 6.07) is 13.9. The normalized spacial score (nSPS) is 20.2. The van der Waals surface area contributed by atoms with Crippen LogP contribution in [-0.2, 0) is 22.7 Å². The maximum Gasteiger partial charge on any atom is 0.249 e. The van der Waals surface area contributed by atoms with Gasteiger partial charge in [0.05, 0.1) is 6.33 Å². The molecule has 5 rings (SSSR count). The third-order valence-corrected chi connectivity index (χ3v) is 6.71. The van der Waals surface area contributed by atoms with Crippen molar-refractivity contribution in [3.63, 3.8) is 0 Å². The van der Waals surface area contributed by atoms with E-state index in [-0.39, 0.29) is 17.5 Å². The number of aliphatic hydroxyl groups excluding tert-OH is 1. The molecule has 1 aliphatic heterocycles. The van der Waals surface area contributed by atoms with E-state index >= 15 is 0 Å². The monoisotopic (exact) mass is 583 g/mol. The smallest absolute Gasteiger partial charge is 0.249 e. The molecule has 40 heavy (non-hydrogen) atoms. The Bertz CT molecular complexity index is 1580. The number of amides is 1. The molecule has 1 fully saturated rings. The predicted octanol–water partition coefficient (Wildman–Crippen LogP) is 4.01. The number of hydrogen-bond donors (Lipinski definition) is 3. The highest BCUT2D eigenvalue weighted by Crippen LogP contribution is 2.35. The maximum atomic E-state index is 12.3. The number of fused-ring (bicyclic) bond motifs is 1. The van der Waals surface area contributed by atoms with Gasteiger partial charge < -0.3 is 25.2 Å². The zero-order valence-corrected chi connectivity index (χ0v) is 22.5. The topological polar surface area (TPSA) is 172 Å². The van der Waals surface area contributed by atoms with Gasteiger partial charge in [-0.15, -0.1) is 0 Å². The van der Waals surface area contributed by atoms with Gasteiger partial charge in [-0.25, -0.2) is 4.98 Å². The second-order valence-electron chi connectivity index (χ2n) is 8.79. The van der Waals surface area contributed by atoms with Crippen LogP contribution in [0.3, 0.4) is 0 Å². The fourth-order valence-corrected chi connectivity index (χ4v) is 4.74. The van der Waals surface area contributed by atoms with E-state index in [1.807, 2.05) is 30.3 Å². The van der Waals surface area contributed by atoms with Gasteiger partial charge in [0.2, 0.25) is 11.2 Å². The number of rotatable bonds is 9. The summed E-state index contributed by atoms with van der Waals surface area (Å²) in [4.78, 5) is 28.0. The molecule has 1 saturated heterocycles. The fraction of sp³-hybridized carbons (Fsp3) is 0.280. The molecule has 0 aliphatic carbocycles. The minimum atomic E-state index is -1.36. The summed E-state index contributed by atoms with van der Waals surface area (Å²) in [5.74, 6) is 0.393. The molecule has 15 heteroatoms. The molecule has 2 aromatic carbocycles. The fourth-order valence-electron chi connectivity index (χ4n) is 4.38. The number of carbonyl (C=O) groups excluding carboxylic acids is 1. The highest BCUT2D eigenvalue weighted by molar-refractivity contribution is 6.30. The van der Waals surface area contributed by atoms with Crippen molar-refractivity contribution in [3.05, 3.63) is 86.7 Å². The van der Waals surface area contributed by atoms with Crippen LogP contribution in [0.25, 0.3) is 21.6 Å². The molecule has 0 saturated carbocycles. The number of benzene rings is 2. The van der Waals surface area contributed by atoms with Crippen LogP contribution in [0, 0.1) is 0 Å². The van der Waals surface area contributed by atoms with Gasteiger partial charge in [0.1, 0.15) is 30.6 Å². The van der Waals surface area contributed by atoms with Gasteiger partial charge in [0.25, 0.3) is 0 Å². The van der Waals surface area contributed by atoms with Gasteiger partial charge in [-0.3, -0.25) is 9.36 Å². The predicted molar refractivity (Wildman–Crippen MR) is 147 cm³/mol. The Morgan fingerprint density at radius 3 is 2.80 bits per heavy atom. The van der Waals surface area contributed by atoms with Gasteiger partial charge in [0, 0.05) is 29.1 Å². The lowest BCUT2D eigenvalue weighted by atomic mass is 10.1. The Labute approximate surface area is 237 Å². The lowest BCUT2D eigenvalue weighted by Crippen LogP contribution is -2.40. The second-order valence-corrected chi connectivity index (χ2v) is 9.57. The Morgan fingerprint density at radius 1 is 1.25 bits per heavy atom. The first kappa shape index (κ1) is 27.4. The summed E-state index contributed by atoms with van der Waals surface area (Å²) in [5.41, 5.74) is 11.3. The van der Waals surface area contributed by atoms with Crippen molar-refractivity contribution in [1.29, 1.82) is 0 Å². The number of nitrogens with one attached hydrogen (secondary N) is 2. The lowest BCUT2D eigenvalue weighted by Gasteiger charge is -2.17. The van der Waals surface area contributed by atoms with E-state index in [1.54, 1.807) is 18.2 Å². The maximum absolute atomic E-state index is 12.3. The van der Waals surface area contributed by atoms with Gasteiger partial charge >= 0.3 is 0 Å². The molecule has 13 nitrogen and oxygen atoms in total. The van der Waals surface area contributed by atoms with Crippen LogP contribution in [0.4, 0.5) is 5.82 Å². The molecular weight excluding hydrogens is 561 g/mol. The summed E-state index contributed by atoms with van der Waals surface area (Å²) in [6.45, 7) is 0.640. The average Bonchev–Trinajstić information content (AvgIpc) is 3.52. The molecule has 206 valence electrons. The first-order valence-electron chi connectivity index (χ1n) is 12.1. The zero-order valence-electron chi connectivity index (χ0n) is 21.0. The molecule has 1 aliphatic rings. The van der Waals surface area contributed by atoms with Crippen LogP contribution in [0.2, 0.25) is 10.3 Å². The number of hydrogen-bond acceptors (Lipinski definition) is 9. The van der Waals surface area contributed by atoms with Crippen molar-refractivity contribution in [2.24, 2.45) is 5.11 Å². The van der Waals surface area contributed by atoms with Crippen molar-refractivity contribution in [3.8, 4) is 5.75 Å². The molecule has 0 spiro atoms. The third kappa shape index (κ3) is 5.60. The van der Waals surface area contributed by atoms with E-state index < -0.39 is 30.4 Å². The number of imidazole rings is 1. The van der Waals surface area contributed by atoms with E-state index in [4.69, 9.17) is 38.2 Å². The van der Waals surface area contributed by atoms with Crippen molar-refractivity contribution < 1.29 is 19.4 Å². The van der Waals surface area contributed by atoms with Crippen LogP contribution in [0.15, 0.2) is 60.0 Å². The van der Waals surface area contributed by atoms with E-state index in [9.17, 15) is 9.90 Å². The lowest BCUT2D eigenvalue weighted by molar-refractivity contribution is -0.134. The van der Waals surface area contributed by atoms with E-state index in [0.717, 1.165) is 11.1 Å². The van der Waals surface area contributed by atoms with Gasteiger partial charge in [0.15, 0.2) is 23.2 Å². The van der Waals surface area contributed by atoms with E-state index in [1.165, 1.54) is 17.9 Å². The molecule has 0 unspecified atom stereocenters. The Morgan fingerprint density at radius 2 is 2.05 bits per heavy atom.